The lowest BCUT2D eigenvalue weighted by molar-refractivity contribution is 0.111. The second kappa shape index (κ2) is 3.38. The largest absolute Gasteiger partial charge is 0.296 e. The Bertz CT molecular complexity index is 503. The first-order valence-corrected chi connectivity index (χ1v) is 5.09. The summed E-state index contributed by atoms with van der Waals surface area (Å²) in [5.41, 5.74) is 1.87. The van der Waals surface area contributed by atoms with Crippen molar-refractivity contribution in [1.82, 2.24) is 9.38 Å². The Balaban J connectivity index is 2.70. The van der Waals surface area contributed by atoms with Crippen molar-refractivity contribution in [1.29, 1.82) is 0 Å². The maximum Gasteiger partial charge on any atom is 0.168 e. The predicted molar refractivity (Wildman–Crippen MR) is 57.8 cm³/mol. The normalized spacial score (nSPS) is 10.4. The molecule has 2 aromatic rings. The van der Waals surface area contributed by atoms with E-state index in [2.05, 4.69) is 4.98 Å². The maximum atomic E-state index is 10.9. The van der Waals surface area contributed by atoms with E-state index in [9.17, 15) is 4.79 Å². The van der Waals surface area contributed by atoms with Crippen molar-refractivity contribution >= 4 is 28.5 Å². The first-order chi connectivity index (χ1) is 6.72. The zero-order valence-corrected chi connectivity index (χ0v) is 8.84. The summed E-state index contributed by atoms with van der Waals surface area (Å²) in [6.07, 6.45) is 6.32. The molecule has 0 unspecified atom stereocenters. The number of imidazole rings is 1. The Kier molecular flexibility index (Phi) is 2.21. The second-order valence-corrected chi connectivity index (χ2v) is 4.36. The lowest BCUT2D eigenvalue weighted by atomic mass is 10.2. The van der Waals surface area contributed by atoms with Gasteiger partial charge in [-0.1, -0.05) is 5.57 Å². The van der Waals surface area contributed by atoms with Crippen LogP contribution in [0.3, 0.4) is 0 Å². The number of rotatable bonds is 2. The molecule has 2 rings (SSSR count). The van der Waals surface area contributed by atoms with E-state index in [0.717, 1.165) is 16.0 Å². The highest BCUT2D eigenvalue weighted by molar-refractivity contribution is 7.18. The maximum absolute atomic E-state index is 10.9. The van der Waals surface area contributed by atoms with E-state index >= 15 is 0 Å². The van der Waals surface area contributed by atoms with E-state index in [-0.39, 0.29) is 0 Å². The number of hydrogen-bond acceptors (Lipinski definition) is 3. The van der Waals surface area contributed by atoms with E-state index in [1.807, 2.05) is 24.3 Å². The summed E-state index contributed by atoms with van der Waals surface area (Å²) in [7, 11) is 0. The first-order valence-electron chi connectivity index (χ1n) is 4.27. The molecule has 4 heteroatoms. The van der Waals surface area contributed by atoms with Gasteiger partial charge in [0.25, 0.3) is 0 Å². The zero-order chi connectivity index (χ0) is 10.1. The van der Waals surface area contributed by atoms with Gasteiger partial charge in [0.15, 0.2) is 6.29 Å². The highest BCUT2D eigenvalue weighted by atomic mass is 32.1. The third-order valence-electron chi connectivity index (χ3n) is 1.86. The van der Waals surface area contributed by atoms with Gasteiger partial charge >= 0.3 is 0 Å². The lowest BCUT2D eigenvalue weighted by Crippen LogP contribution is -1.88. The van der Waals surface area contributed by atoms with E-state index < -0.39 is 0 Å². The van der Waals surface area contributed by atoms with Crippen LogP contribution < -0.4 is 0 Å². The van der Waals surface area contributed by atoms with Gasteiger partial charge in [-0.15, -0.1) is 11.3 Å². The predicted octanol–water partition coefficient (Wildman–Crippen LogP) is 2.63. The Morgan fingerprint density at radius 3 is 3.00 bits per heavy atom. The number of carbonyl (C=O) groups is 1. The van der Waals surface area contributed by atoms with Crippen LogP contribution in [0.2, 0.25) is 0 Å². The van der Waals surface area contributed by atoms with Crippen LogP contribution in [-0.4, -0.2) is 15.7 Å². The Labute approximate surface area is 85.7 Å². The van der Waals surface area contributed by atoms with Gasteiger partial charge in [-0.2, -0.15) is 0 Å². The van der Waals surface area contributed by atoms with Crippen LogP contribution in [0.1, 0.15) is 29.2 Å². The van der Waals surface area contributed by atoms with Crippen LogP contribution in [0, 0.1) is 0 Å². The van der Waals surface area contributed by atoms with Gasteiger partial charge < -0.3 is 0 Å². The Morgan fingerprint density at radius 2 is 2.36 bits per heavy atom. The molecule has 0 saturated heterocycles. The summed E-state index contributed by atoms with van der Waals surface area (Å²) in [4.78, 5) is 16.9. The van der Waals surface area contributed by atoms with Crippen LogP contribution in [0.5, 0.6) is 0 Å². The monoisotopic (exact) mass is 206 g/mol. The molecule has 2 heterocycles. The van der Waals surface area contributed by atoms with Gasteiger partial charge in [0, 0.05) is 0 Å². The fourth-order valence-corrected chi connectivity index (χ4v) is 2.43. The minimum atomic E-state index is 0.684. The van der Waals surface area contributed by atoms with E-state index in [1.165, 1.54) is 5.57 Å². The van der Waals surface area contributed by atoms with E-state index in [1.54, 1.807) is 23.9 Å². The van der Waals surface area contributed by atoms with Gasteiger partial charge in [-0.3, -0.25) is 9.20 Å². The van der Waals surface area contributed by atoms with Crippen LogP contribution in [-0.2, 0) is 0 Å². The highest BCUT2D eigenvalue weighted by Crippen LogP contribution is 2.24. The summed E-state index contributed by atoms with van der Waals surface area (Å²) in [6.45, 7) is 4.03. The molecule has 0 bridgehead atoms. The molecule has 0 aliphatic heterocycles. The number of aldehydes is 1. The molecule has 0 atom stereocenters. The van der Waals surface area contributed by atoms with Crippen molar-refractivity contribution in [3.05, 3.63) is 28.7 Å². The highest BCUT2D eigenvalue weighted by Gasteiger charge is 2.08. The van der Waals surface area contributed by atoms with E-state index in [0.29, 0.717) is 5.69 Å². The zero-order valence-electron chi connectivity index (χ0n) is 8.02. The molecule has 0 fully saturated rings. The van der Waals surface area contributed by atoms with Crippen LogP contribution in [0.25, 0.3) is 10.9 Å². The molecular weight excluding hydrogens is 196 g/mol. The molecule has 0 aliphatic rings. The van der Waals surface area contributed by atoms with Gasteiger partial charge in [0.2, 0.25) is 0 Å². The molecule has 0 spiro atoms. The average molecular weight is 206 g/mol. The third kappa shape index (κ3) is 1.37. The fourth-order valence-electron chi connectivity index (χ4n) is 1.30. The van der Waals surface area contributed by atoms with Crippen LogP contribution in [0.15, 0.2) is 18.1 Å². The van der Waals surface area contributed by atoms with Crippen molar-refractivity contribution in [3.63, 3.8) is 0 Å². The number of carbonyl (C=O) groups excluding carboxylic acids is 1. The summed E-state index contributed by atoms with van der Waals surface area (Å²) in [5, 5.41) is 0. The van der Waals surface area contributed by atoms with Crippen LogP contribution >= 0.6 is 11.3 Å². The standard InChI is InChI=1S/C10H10N2OS/c1-7(2)3-9-8(5-13)12-6-11-4-10(12)14-9/h3-6H,1-2H3. The smallest absolute Gasteiger partial charge is 0.168 e. The van der Waals surface area contributed by atoms with Gasteiger partial charge in [0.1, 0.15) is 16.9 Å². The van der Waals surface area contributed by atoms with Crippen molar-refractivity contribution in [2.24, 2.45) is 0 Å². The van der Waals surface area contributed by atoms with Gasteiger partial charge in [0.05, 0.1) is 11.1 Å². The molecule has 14 heavy (non-hydrogen) atoms. The molecule has 0 aliphatic carbocycles. The molecule has 3 nitrogen and oxygen atoms in total. The summed E-state index contributed by atoms with van der Waals surface area (Å²) >= 11 is 1.58. The molecule has 0 radical (unpaired) electrons. The van der Waals surface area contributed by atoms with Crippen LogP contribution in [0.4, 0.5) is 0 Å². The molecule has 0 N–H and O–H groups in total. The third-order valence-corrected chi connectivity index (χ3v) is 2.92. The molecule has 0 saturated carbocycles. The van der Waals surface area contributed by atoms with Crippen molar-refractivity contribution in [3.8, 4) is 0 Å². The number of allylic oxidation sites excluding steroid dienone is 1. The molecule has 0 aromatic carbocycles. The second-order valence-electron chi connectivity index (χ2n) is 3.29. The molecule has 0 amide bonds. The molecule has 2 aromatic heterocycles. The SMILES string of the molecule is CC(C)=Cc1sc2cncn2c1C=O. The summed E-state index contributed by atoms with van der Waals surface area (Å²) in [5.74, 6) is 0. The fraction of sp³-hybridized carbons (Fsp3) is 0.200. The van der Waals surface area contributed by atoms with Gasteiger partial charge in [-0.05, 0) is 19.9 Å². The summed E-state index contributed by atoms with van der Waals surface area (Å²) < 4.78 is 1.81. The topological polar surface area (TPSA) is 34.4 Å². The molecule has 72 valence electrons. The summed E-state index contributed by atoms with van der Waals surface area (Å²) in [6, 6.07) is 0. The Morgan fingerprint density at radius 1 is 1.57 bits per heavy atom. The van der Waals surface area contributed by atoms with Crippen molar-refractivity contribution < 1.29 is 4.79 Å². The number of thiazole rings is 1. The number of aromatic nitrogens is 2. The minimum absolute atomic E-state index is 0.684. The van der Waals surface area contributed by atoms with Gasteiger partial charge in [-0.25, -0.2) is 4.98 Å². The average Bonchev–Trinajstić information content (AvgIpc) is 2.62. The number of hydrogen-bond donors (Lipinski definition) is 0. The number of nitrogens with zero attached hydrogens (tertiary/aromatic N) is 2. The first kappa shape index (κ1) is 9.15. The molecular formula is C10H10N2OS. The lowest BCUT2D eigenvalue weighted by Gasteiger charge is -1.91. The minimum Gasteiger partial charge on any atom is -0.296 e. The van der Waals surface area contributed by atoms with Crippen molar-refractivity contribution in [2.75, 3.05) is 0 Å². The quantitative estimate of drug-likeness (QED) is 0.708. The van der Waals surface area contributed by atoms with E-state index in [4.69, 9.17) is 0 Å². The van der Waals surface area contributed by atoms with Crippen molar-refractivity contribution in [2.45, 2.75) is 13.8 Å². The number of fused-ring (bicyclic) bond motifs is 1. The Hall–Kier alpha value is -1.42.